The monoisotopic (exact) mass is 229 g/mol. The average Bonchev–Trinajstić information content (AvgIpc) is 2.63. The lowest BCUT2D eigenvalue weighted by atomic mass is 10.6. The van der Waals surface area contributed by atoms with Crippen LogP contribution in [0.25, 0.3) is 0 Å². The zero-order valence-electron chi connectivity index (χ0n) is 9.40. The molecule has 0 amide bonds. The Kier molecular flexibility index (Phi) is 6.47. The van der Waals surface area contributed by atoms with Gasteiger partial charge in [0.15, 0.2) is 0 Å². The fourth-order valence-electron chi connectivity index (χ4n) is 1.13. The zero-order chi connectivity index (χ0) is 10.9. The van der Waals surface area contributed by atoms with E-state index in [1.54, 1.807) is 0 Å². The maximum absolute atomic E-state index is 5.22. The fraction of sp³-hybridized carbons (Fsp3) is 0.700. The quantitative estimate of drug-likeness (QED) is 0.536. The third-order valence-electron chi connectivity index (χ3n) is 1.86. The van der Waals surface area contributed by atoms with Crippen LogP contribution in [-0.4, -0.2) is 41.8 Å². The molecule has 86 valence electrons. The van der Waals surface area contributed by atoms with Gasteiger partial charge in [-0.1, -0.05) is 0 Å². The van der Waals surface area contributed by atoms with E-state index >= 15 is 0 Å². The van der Waals surface area contributed by atoms with E-state index in [0.29, 0.717) is 0 Å². The first kappa shape index (κ1) is 12.5. The summed E-state index contributed by atoms with van der Waals surface area (Å²) < 4.78 is 7.04. The normalized spacial score (nSPS) is 10.8. The van der Waals surface area contributed by atoms with Gasteiger partial charge in [0.1, 0.15) is 0 Å². The highest BCUT2D eigenvalue weighted by Crippen LogP contribution is 2.14. The molecular formula is C10H19N3OS. The summed E-state index contributed by atoms with van der Waals surface area (Å²) >= 11 is 1.82. The first-order chi connectivity index (χ1) is 7.33. The van der Waals surface area contributed by atoms with Gasteiger partial charge in [-0.3, -0.25) is 4.68 Å². The van der Waals surface area contributed by atoms with Crippen molar-refractivity contribution >= 4 is 11.8 Å². The molecule has 0 atom stereocenters. The smallest absolute Gasteiger partial charge is 0.0625 e. The summed E-state index contributed by atoms with van der Waals surface area (Å²) in [6.07, 6.45) is 3.93. The van der Waals surface area contributed by atoms with Crippen molar-refractivity contribution in [3.63, 3.8) is 0 Å². The summed E-state index contributed by atoms with van der Waals surface area (Å²) in [4.78, 5) is 1.23. The molecule has 0 unspecified atom stereocenters. The van der Waals surface area contributed by atoms with E-state index in [1.165, 1.54) is 4.90 Å². The van der Waals surface area contributed by atoms with E-state index in [-0.39, 0.29) is 0 Å². The van der Waals surface area contributed by atoms with Gasteiger partial charge >= 0.3 is 0 Å². The van der Waals surface area contributed by atoms with Gasteiger partial charge in [0, 0.05) is 43.6 Å². The van der Waals surface area contributed by atoms with Gasteiger partial charge in [-0.25, -0.2) is 0 Å². The molecule has 0 aromatic carbocycles. The number of ether oxygens (including phenoxy) is 1. The molecule has 0 radical (unpaired) electrons. The van der Waals surface area contributed by atoms with Crippen LogP contribution in [0.15, 0.2) is 17.3 Å². The van der Waals surface area contributed by atoms with Gasteiger partial charge in [0.25, 0.3) is 0 Å². The van der Waals surface area contributed by atoms with Gasteiger partial charge in [-0.15, -0.1) is 11.8 Å². The molecule has 0 fully saturated rings. The molecule has 1 N–H and O–H groups in total. The minimum atomic E-state index is 0.798. The van der Waals surface area contributed by atoms with Crippen LogP contribution in [-0.2, 0) is 11.8 Å². The first-order valence-electron chi connectivity index (χ1n) is 5.23. The summed E-state index contributed by atoms with van der Waals surface area (Å²) in [5.74, 6) is 1.07. The number of hydrogen-bond donors (Lipinski definition) is 1. The molecule has 0 aliphatic heterocycles. The number of aryl methyl sites for hydroxylation is 1. The molecule has 1 rings (SSSR count). The lowest BCUT2D eigenvalue weighted by Gasteiger charge is -2.03. The molecule has 5 heteroatoms. The molecule has 0 aliphatic rings. The van der Waals surface area contributed by atoms with E-state index in [2.05, 4.69) is 10.4 Å². The van der Waals surface area contributed by atoms with Crippen molar-refractivity contribution in [3.05, 3.63) is 12.4 Å². The summed E-state index contributed by atoms with van der Waals surface area (Å²) in [6.45, 7) is 5.55. The number of aromatic nitrogens is 2. The molecule has 4 nitrogen and oxygen atoms in total. The van der Waals surface area contributed by atoms with Gasteiger partial charge in [0.2, 0.25) is 0 Å². The van der Waals surface area contributed by atoms with Crippen molar-refractivity contribution in [2.45, 2.75) is 11.8 Å². The second-order valence-corrected chi connectivity index (χ2v) is 4.31. The molecule has 0 aliphatic carbocycles. The van der Waals surface area contributed by atoms with Crippen LogP contribution in [0.3, 0.4) is 0 Å². The van der Waals surface area contributed by atoms with E-state index < -0.39 is 0 Å². The van der Waals surface area contributed by atoms with E-state index in [4.69, 9.17) is 4.74 Å². The van der Waals surface area contributed by atoms with E-state index in [0.717, 1.165) is 32.1 Å². The highest BCUT2D eigenvalue weighted by Gasteiger charge is 1.95. The number of thioether (sulfide) groups is 1. The Labute approximate surface area is 95.4 Å². The molecule has 0 saturated carbocycles. The summed E-state index contributed by atoms with van der Waals surface area (Å²) in [5, 5.41) is 7.44. The van der Waals surface area contributed by atoms with Crippen LogP contribution >= 0.6 is 11.8 Å². The largest absolute Gasteiger partial charge is 0.380 e. The highest BCUT2D eigenvalue weighted by molar-refractivity contribution is 7.99. The Morgan fingerprint density at radius 1 is 1.53 bits per heavy atom. The van der Waals surface area contributed by atoms with Crippen LogP contribution in [0.1, 0.15) is 6.92 Å². The van der Waals surface area contributed by atoms with Crippen molar-refractivity contribution < 1.29 is 4.74 Å². The van der Waals surface area contributed by atoms with Gasteiger partial charge in [0.05, 0.1) is 12.8 Å². The average molecular weight is 229 g/mol. The Bertz CT molecular complexity index is 265. The molecule has 0 spiro atoms. The molecule has 0 saturated heterocycles. The maximum Gasteiger partial charge on any atom is 0.0625 e. The first-order valence-corrected chi connectivity index (χ1v) is 6.21. The number of hydrogen-bond acceptors (Lipinski definition) is 4. The highest BCUT2D eigenvalue weighted by atomic mass is 32.2. The van der Waals surface area contributed by atoms with Crippen LogP contribution in [0.2, 0.25) is 0 Å². The lowest BCUT2D eigenvalue weighted by molar-refractivity contribution is 0.150. The number of nitrogens with one attached hydrogen (secondary N) is 1. The van der Waals surface area contributed by atoms with E-state index in [1.807, 2.05) is 42.8 Å². The molecular weight excluding hydrogens is 210 g/mol. The van der Waals surface area contributed by atoms with Crippen molar-refractivity contribution in [3.8, 4) is 0 Å². The SMILES string of the molecule is CCOCCNCCSc1cnn(C)c1. The second-order valence-electron chi connectivity index (χ2n) is 3.15. The molecule has 0 bridgehead atoms. The molecule has 1 aromatic rings. The minimum Gasteiger partial charge on any atom is -0.380 e. The topological polar surface area (TPSA) is 39.1 Å². The van der Waals surface area contributed by atoms with Crippen LogP contribution in [0, 0.1) is 0 Å². The van der Waals surface area contributed by atoms with Gasteiger partial charge in [-0.05, 0) is 6.92 Å². The van der Waals surface area contributed by atoms with Crippen molar-refractivity contribution in [2.24, 2.45) is 7.05 Å². The zero-order valence-corrected chi connectivity index (χ0v) is 10.2. The third-order valence-corrected chi connectivity index (χ3v) is 2.81. The summed E-state index contributed by atoms with van der Waals surface area (Å²) in [7, 11) is 1.93. The summed E-state index contributed by atoms with van der Waals surface area (Å²) in [6, 6.07) is 0. The van der Waals surface area contributed by atoms with Crippen LogP contribution < -0.4 is 5.32 Å². The van der Waals surface area contributed by atoms with Gasteiger partial charge < -0.3 is 10.1 Å². The van der Waals surface area contributed by atoms with Gasteiger partial charge in [-0.2, -0.15) is 5.10 Å². The van der Waals surface area contributed by atoms with Crippen LogP contribution in [0.5, 0.6) is 0 Å². The van der Waals surface area contributed by atoms with Crippen LogP contribution in [0.4, 0.5) is 0 Å². The van der Waals surface area contributed by atoms with E-state index in [9.17, 15) is 0 Å². The third kappa shape index (κ3) is 5.81. The van der Waals surface area contributed by atoms with Crippen molar-refractivity contribution in [1.29, 1.82) is 0 Å². The number of rotatable bonds is 8. The maximum atomic E-state index is 5.22. The predicted octanol–water partition coefficient (Wildman–Crippen LogP) is 1.14. The van der Waals surface area contributed by atoms with Crippen molar-refractivity contribution in [2.75, 3.05) is 32.1 Å². The fourth-order valence-corrected chi connectivity index (χ4v) is 1.96. The Morgan fingerprint density at radius 2 is 2.40 bits per heavy atom. The molecule has 1 aromatic heterocycles. The summed E-state index contributed by atoms with van der Waals surface area (Å²) in [5.41, 5.74) is 0. The Balaban J connectivity index is 1.93. The Morgan fingerprint density at radius 3 is 3.07 bits per heavy atom. The predicted molar refractivity (Wildman–Crippen MR) is 63.3 cm³/mol. The lowest BCUT2D eigenvalue weighted by Crippen LogP contribution is -2.22. The molecule has 1 heterocycles. The molecule has 15 heavy (non-hydrogen) atoms. The number of nitrogens with zero attached hydrogens (tertiary/aromatic N) is 2. The standard InChI is InChI=1S/C10H19N3OS/c1-3-14-6-4-11-5-7-15-10-8-12-13(2)9-10/h8-9,11H,3-7H2,1-2H3. The van der Waals surface area contributed by atoms with Crippen molar-refractivity contribution in [1.82, 2.24) is 15.1 Å². The Hall–Kier alpha value is -0.520. The minimum absolute atomic E-state index is 0.798. The second kappa shape index (κ2) is 7.73.